The van der Waals surface area contributed by atoms with Gasteiger partial charge >= 0.3 is 0 Å². The molecule has 0 fully saturated rings. The minimum absolute atomic E-state index is 0.677. The number of thiophene rings is 1. The first-order chi connectivity index (χ1) is 9.86. The van der Waals surface area contributed by atoms with Crippen LogP contribution in [0.4, 0.5) is 5.69 Å². The monoisotopic (exact) mass is 284 g/mol. The minimum atomic E-state index is 0.677. The smallest absolute Gasteiger partial charge is 0.181 e. The summed E-state index contributed by atoms with van der Waals surface area (Å²) in [4.78, 5) is 9.47. The molecule has 4 nitrogen and oxygen atoms in total. The second-order valence-electron chi connectivity index (χ2n) is 4.02. The van der Waals surface area contributed by atoms with Gasteiger partial charge < -0.3 is 9.15 Å². The summed E-state index contributed by atoms with van der Waals surface area (Å²) < 4.78 is 10.7. The Kier molecular flexibility index (Phi) is 3.60. The van der Waals surface area contributed by atoms with E-state index in [1.807, 2.05) is 41.9 Å². The third-order valence-corrected chi connectivity index (χ3v) is 3.57. The van der Waals surface area contributed by atoms with Crippen LogP contribution in [0.2, 0.25) is 0 Å². The Balaban J connectivity index is 1.91. The van der Waals surface area contributed by atoms with Gasteiger partial charge in [0.05, 0.1) is 24.6 Å². The zero-order valence-electron chi connectivity index (χ0n) is 10.8. The Morgan fingerprint density at radius 3 is 3.00 bits per heavy atom. The Morgan fingerprint density at radius 2 is 2.30 bits per heavy atom. The van der Waals surface area contributed by atoms with Crippen molar-refractivity contribution >= 4 is 23.2 Å². The van der Waals surface area contributed by atoms with E-state index in [4.69, 9.17) is 9.15 Å². The molecule has 3 aromatic rings. The fraction of sp³-hybridized carbons (Fsp3) is 0.0667. The molecular weight excluding hydrogens is 272 g/mol. The van der Waals surface area contributed by atoms with E-state index < -0.39 is 0 Å². The molecule has 1 aromatic carbocycles. The van der Waals surface area contributed by atoms with Crippen LogP contribution in [0.1, 0.15) is 4.88 Å². The van der Waals surface area contributed by atoms with Crippen molar-refractivity contribution in [2.75, 3.05) is 7.11 Å². The van der Waals surface area contributed by atoms with Crippen LogP contribution in [0.3, 0.4) is 0 Å². The number of aliphatic imine (C=N–C) groups is 1. The topological polar surface area (TPSA) is 47.6 Å². The van der Waals surface area contributed by atoms with Crippen LogP contribution < -0.4 is 4.74 Å². The first-order valence-corrected chi connectivity index (χ1v) is 6.89. The zero-order valence-corrected chi connectivity index (χ0v) is 11.6. The number of hydrogen-bond acceptors (Lipinski definition) is 5. The first kappa shape index (κ1) is 12.6. The lowest BCUT2D eigenvalue weighted by molar-refractivity contribution is 0.415. The summed E-state index contributed by atoms with van der Waals surface area (Å²) in [6.07, 6.45) is 4.90. The quantitative estimate of drug-likeness (QED) is 0.676. The number of benzene rings is 1. The Labute approximate surface area is 120 Å². The Bertz CT molecular complexity index is 704. The number of methoxy groups -OCH3 is 1. The first-order valence-electron chi connectivity index (χ1n) is 6.01. The van der Waals surface area contributed by atoms with Crippen molar-refractivity contribution in [3.63, 3.8) is 0 Å². The van der Waals surface area contributed by atoms with Gasteiger partial charge in [0.25, 0.3) is 0 Å². The molecule has 0 atom stereocenters. The number of nitrogens with zero attached hydrogens (tertiary/aromatic N) is 2. The molecule has 2 aromatic heterocycles. The summed E-state index contributed by atoms with van der Waals surface area (Å²) in [5.74, 6) is 1.39. The van der Waals surface area contributed by atoms with Gasteiger partial charge in [-0.2, -0.15) is 0 Å². The molecule has 0 aliphatic rings. The van der Waals surface area contributed by atoms with Crippen molar-refractivity contribution in [3.8, 4) is 17.1 Å². The summed E-state index contributed by atoms with van der Waals surface area (Å²) in [5, 5.41) is 2.02. The third kappa shape index (κ3) is 2.62. The number of aromatic nitrogens is 1. The summed E-state index contributed by atoms with van der Waals surface area (Å²) >= 11 is 1.65. The van der Waals surface area contributed by atoms with E-state index in [9.17, 15) is 0 Å². The van der Waals surface area contributed by atoms with Crippen molar-refractivity contribution in [1.82, 2.24) is 4.98 Å². The molecule has 0 aliphatic carbocycles. The van der Waals surface area contributed by atoms with Crippen molar-refractivity contribution in [2.45, 2.75) is 0 Å². The molecule has 20 heavy (non-hydrogen) atoms. The maximum Gasteiger partial charge on any atom is 0.181 e. The lowest BCUT2D eigenvalue weighted by Crippen LogP contribution is -1.86. The van der Waals surface area contributed by atoms with Gasteiger partial charge in [-0.1, -0.05) is 6.07 Å². The van der Waals surface area contributed by atoms with Gasteiger partial charge in [0.15, 0.2) is 12.2 Å². The highest BCUT2D eigenvalue weighted by atomic mass is 32.1. The molecule has 0 spiro atoms. The van der Waals surface area contributed by atoms with Gasteiger partial charge in [0.2, 0.25) is 0 Å². The predicted octanol–water partition coefficient (Wildman–Crippen LogP) is 4.16. The van der Waals surface area contributed by atoms with Gasteiger partial charge in [-0.25, -0.2) is 4.98 Å². The van der Waals surface area contributed by atoms with Gasteiger partial charge in [0, 0.05) is 17.2 Å². The fourth-order valence-electron chi connectivity index (χ4n) is 1.82. The molecule has 0 unspecified atom stereocenters. The van der Waals surface area contributed by atoms with E-state index in [0.717, 1.165) is 16.1 Å². The zero-order chi connectivity index (χ0) is 13.8. The van der Waals surface area contributed by atoms with Crippen LogP contribution in [0.25, 0.3) is 11.3 Å². The number of oxazole rings is 1. The van der Waals surface area contributed by atoms with Crippen molar-refractivity contribution < 1.29 is 9.15 Å². The van der Waals surface area contributed by atoms with E-state index >= 15 is 0 Å². The number of rotatable bonds is 4. The van der Waals surface area contributed by atoms with E-state index in [0.29, 0.717) is 11.5 Å². The second kappa shape index (κ2) is 5.71. The molecule has 3 rings (SSSR count). The molecule has 0 saturated carbocycles. The molecule has 0 amide bonds. The minimum Gasteiger partial charge on any atom is -0.496 e. The highest BCUT2D eigenvalue weighted by Gasteiger charge is 2.09. The number of hydrogen-bond donors (Lipinski definition) is 0. The van der Waals surface area contributed by atoms with Crippen LogP contribution in [0, 0.1) is 0 Å². The summed E-state index contributed by atoms with van der Waals surface area (Å²) in [5.41, 5.74) is 1.69. The normalized spacial score (nSPS) is 11.1. The molecular formula is C15H12N2O2S. The molecule has 5 heteroatoms. The van der Waals surface area contributed by atoms with Crippen molar-refractivity contribution in [2.24, 2.45) is 4.99 Å². The largest absolute Gasteiger partial charge is 0.496 e. The van der Waals surface area contributed by atoms with E-state index in [1.165, 1.54) is 6.39 Å². The van der Waals surface area contributed by atoms with E-state index in [2.05, 4.69) is 9.98 Å². The highest BCUT2D eigenvalue weighted by Crippen LogP contribution is 2.33. The average Bonchev–Trinajstić information content (AvgIpc) is 3.18. The van der Waals surface area contributed by atoms with Gasteiger partial charge in [0.1, 0.15) is 5.75 Å². The molecule has 0 saturated heterocycles. The van der Waals surface area contributed by atoms with Crippen molar-refractivity contribution in [1.29, 1.82) is 0 Å². The van der Waals surface area contributed by atoms with Crippen LogP contribution >= 0.6 is 11.3 Å². The molecule has 0 bridgehead atoms. The second-order valence-corrected chi connectivity index (χ2v) is 5.00. The summed E-state index contributed by atoms with van der Waals surface area (Å²) in [6, 6.07) is 9.74. The molecule has 100 valence electrons. The molecule has 2 heterocycles. The van der Waals surface area contributed by atoms with E-state index in [1.54, 1.807) is 24.6 Å². The molecule has 0 aliphatic heterocycles. The highest BCUT2D eigenvalue weighted by molar-refractivity contribution is 7.11. The Hall–Kier alpha value is -2.40. The van der Waals surface area contributed by atoms with Crippen LogP contribution in [-0.4, -0.2) is 18.3 Å². The third-order valence-electron chi connectivity index (χ3n) is 2.77. The fourth-order valence-corrected chi connectivity index (χ4v) is 2.40. The lowest BCUT2D eigenvalue weighted by atomic mass is 10.1. The van der Waals surface area contributed by atoms with Gasteiger partial charge in [-0.3, -0.25) is 4.99 Å². The summed E-state index contributed by atoms with van der Waals surface area (Å²) in [7, 11) is 1.63. The SMILES string of the molecule is COc1cc(N=Cc2cccs2)ccc1-c1cnco1. The van der Waals surface area contributed by atoms with Crippen LogP contribution in [0.5, 0.6) is 5.75 Å². The molecule has 0 radical (unpaired) electrons. The lowest BCUT2D eigenvalue weighted by Gasteiger charge is -2.06. The predicted molar refractivity (Wildman–Crippen MR) is 80.1 cm³/mol. The van der Waals surface area contributed by atoms with E-state index in [-0.39, 0.29) is 0 Å². The maximum absolute atomic E-state index is 5.39. The van der Waals surface area contributed by atoms with Gasteiger partial charge in [-0.05, 0) is 23.6 Å². The average molecular weight is 284 g/mol. The standard InChI is InChI=1S/C15H12N2O2S/c1-18-14-7-11(17-8-12-3-2-6-20-12)4-5-13(14)15-9-16-10-19-15/h2-10H,1H3. The molecule has 0 N–H and O–H groups in total. The maximum atomic E-state index is 5.39. The van der Waals surface area contributed by atoms with Crippen LogP contribution in [0.15, 0.2) is 57.7 Å². The van der Waals surface area contributed by atoms with Gasteiger partial charge in [-0.15, -0.1) is 11.3 Å². The van der Waals surface area contributed by atoms with Crippen molar-refractivity contribution in [3.05, 3.63) is 53.2 Å². The van der Waals surface area contributed by atoms with Crippen LogP contribution in [-0.2, 0) is 0 Å². The Morgan fingerprint density at radius 1 is 1.35 bits per heavy atom. The number of ether oxygens (including phenoxy) is 1. The summed E-state index contributed by atoms with van der Waals surface area (Å²) in [6.45, 7) is 0.